The third-order valence-electron chi connectivity index (χ3n) is 2.19. The van der Waals surface area contributed by atoms with Gasteiger partial charge in [0.25, 0.3) is 0 Å². The van der Waals surface area contributed by atoms with Crippen molar-refractivity contribution < 1.29 is 9.53 Å². The minimum atomic E-state index is -0.384. The SMILES string of the molecule is CC(C)(C)OC(=O)[C@H]1NCC1(C)C. The molecule has 0 aromatic rings. The average Bonchev–Trinajstić information content (AvgIpc) is 1.80. The van der Waals surface area contributed by atoms with Crippen LogP contribution < -0.4 is 5.32 Å². The van der Waals surface area contributed by atoms with Crippen LogP contribution in [0.1, 0.15) is 34.6 Å². The number of esters is 1. The van der Waals surface area contributed by atoms with Crippen molar-refractivity contribution in [3.8, 4) is 0 Å². The fourth-order valence-electron chi connectivity index (χ4n) is 1.38. The van der Waals surface area contributed by atoms with E-state index in [1.165, 1.54) is 0 Å². The van der Waals surface area contributed by atoms with Crippen molar-refractivity contribution in [2.75, 3.05) is 6.54 Å². The zero-order valence-corrected chi connectivity index (χ0v) is 9.10. The highest BCUT2D eigenvalue weighted by molar-refractivity contribution is 5.78. The quantitative estimate of drug-likeness (QED) is 0.626. The van der Waals surface area contributed by atoms with E-state index in [-0.39, 0.29) is 23.0 Å². The van der Waals surface area contributed by atoms with Crippen molar-refractivity contribution in [2.45, 2.75) is 46.3 Å². The van der Waals surface area contributed by atoms with Gasteiger partial charge in [0, 0.05) is 12.0 Å². The maximum absolute atomic E-state index is 11.6. The molecule has 0 aliphatic carbocycles. The number of nitrogens with one attached hydrogen (secondary N) is 1. The minimum Gasteiger partial charge on any atom is -0.459 e. The van der Waals surface area contributed by atoms with E-state index in [1.807, 2.05) is 20.8 Å². The van der Waals surface area contributed by atoms with Gasteiger partial charge < -0.3 is 10.1 Å². The summed E-state index contributed by atoms with van der Waals surface area (Å²) in [7, 11) is 0. The van der Waals surface area contributed by atoms with Crippen LogP contribution in [-0.4, -0.2) is 24.2 Å². The molecule has 76 valence electrons. The lowest BCUT2D eigenvalue weighted by Gasteiger charge is -2.44. The first-order valence-electron chi connectivity index (χ1n) is 4.69. The molecule has 1 atom stereocenters. The second-order valence-electron chi connectivity index (χ2n) is 5.34. The molecule has 1 aliphatic rings. The molecule has 3 heteroatoms. The molecule has 0 aromatic carbocycles. The normalized spacial score (nSPS) is 26.4. The van der Waals surface area contributed by atoms with Crippen LogP contribution in [0.5, 0.6) is 0 Å². The molecule has 1 rings (SSSR count). The van der Waals surface area contributed by atoms with Crippen molar-refractivity contribution >= 4 is 5.97 Å². The van der Waals surface area contributed by atoms with E-state index in [1.54, 1.807) is 0 Å². The predicted molar refractivity (Wildman–Crippen MR) is 51.4 cm³/mol. The van der Waals surface area contributed by atoms with Crippen molar-refractivity contribution in [1.29, 1.82) is 0 Å². The van der Waals surface area contributed by atoms with Gasteiger partial charge in [-0.2, -0.15) is 0 Å². The van der Waals surface area contributed by atoms with Crippen LogP contribution in [0.4, 0.5) is 0 Å². The number of ether oxygens (including phenoxy) is 1. The summed E-state index contributed by atoms with van der Waals surface area (Å²) in [5.74, 6) is -0.135. The third kappa shape index (κ3) is 2.44. The fraction of sp³-hybridized carbons (Fsp3) is 0.900. The maximum Gasteiger partial charge on any atom is 0.324 e. The Bertz CT molecular complexity index is 215. The summed E-state index contributed by atoms with van der Waals surface area (Å²) in [5, 5.41) is 3.08. The Labute approximate surface area is 79.8 Å². The summed E-state index contributed by atoms with van der Waals surface area (Å²) in [6.45, 7) is 10.7. The summed E-state index contributed by atoms with van der Waals surface area (Å²) in [4.78, 5) is 11.6. The van der Waals surface area contributed by atoms with E-state index in [9.17, 15) is 4.79 Å². The first kappa shape index (κ1) is 10.5. The minimum absolute atomic E-state index is 0.0440. The lowest BCUT2D eigenvalue weighted by atomic mass is 9.77. The molecule has 0 saturated carbocycles. The number of carbonyl (C=O) groups excluding carboxylic acids is 1. The molecule has 13 heavy (non-hydrogen) atoms. The predicted octanol–water partition coefficient (Wildman–Crippen LogP) is 1.33. The Kier molecular flexibility index (Phi) is 2.41. The molecule has 3 nitrogen and oxygen atoms in total. The zero-order chi connectivity index (χ0) is 10.3. The van der Waals surface area contributed by atoms with E-state index >= 15 is 0 Å². The van der Waals surface area contributed by atoms with Crippen LogP contribution in [0.2, 0.25) is 0 Å². The number of hydrogen-bond donors (Lipinski definition) is 1. The van der Waals surface area contributed by atoms with Gasteiger partial charge in [0.05, 0.1) is 0 Å². The van der Waals surface area contributed by atoms with Gasteiger partial charge in [-0.15, -0.1) is 0 Å². The molecule has 0 bridgehead atoms. The Balaban J connectivity index is 2.50. The first-order valence-corrected chi connectivity index (χ1v) is 4.69. The number of carbonyl (C=O) groups is 1. The highest BCUT2D eigenvalue weighted by Gasteiger charge is 2.45. The van der Waals surface area contributed by atoms with Gasteiger partial charge >= 0.3 is 5.97 Å². The van der Waals surface area contributed by atoms with Crippen molar-refractivity contribution in [2.24, 2.45) is 5.41 Å². The molecular formula is C10H19NO2. The van der Waals surface area contributed by atoms with Crippen LogP contribution in [0.3, 0.4) is 0 Å². The average molecular weight is 185 g/mol. The van der Waals surface area contributed by atoms with E-state index in [0.717, 1.165) is 6.54 Å². The monoisotopic (exact) mass is 185 g/mol. The van der Waals surface area contributed by atoms with Crippen molar-refractivity contribution in [1.82, 2.24) is 5.32 Å². The Morgan fingerprint density at radius 1 is 1.46 bits per heavy atom. The van der Waals surface area contributed by atoms with Gasteiger partial charge in [-0.3, -0.25) is 4.79 Å². The number of hydrogen-bond acceptors (Lipinski definition) is 3. The largest absolute Gasteiger partial charge is 0.459 e. The van der Waals surface area contributed by atoms with Crippen LogP contribution >= 0.6 is 0 Å². The van der Waals surface area contributed by atoms with E-state index in [2.05, 4.69) is 19.2 Å². The van der Waals surface area contributed by atoms with Crippen LogP contribution in [0, 0.1) is 5.41 Å². The summed E-state index contributed by atoms with van der Waals surface area (Å²) in [5.41, 5.74) is -0.341. The van der Waals surface area contributed by atoms with E-state index < -0.39 is 0 Å². The Morgan fingerprint density at radius 3 is 2.23 bits per heavy atom. The van der Waals surface area contributed by atoms with Crippen LogP contribution in [0.25, 0.3) is 0 Å². The second-order valence-corrected chi connectivity index (χ2v) is 5.34. The van der Waals surface area contributed by atoms with Gasteiger partial charge in [0.2, 0.25) is 0 Å². The van der Waals surface area contributed by atoms with Crippen molar-refractivity contribution in [3.05, 3.63) is 0 Å². The van der Waals surface area contributed by atoms with E-state index in [0.29, 0.717) is 0 Å². The Morgan fingerprint density at radius 2 is 2.00 bits per heavy atom. The highest BCUT2D eigenvalue weighted by atomic mass is 16.6. The summed E-state index contributed by atoms with van der Waals surface area (Å²) < 4.78 is 5.28. The maximum atomic E-state index is 11.6. The van der Waals surface area contributed by atoms with Gasteiger partial charge in [0.1, 0.15) is 11.6 Å². The molecule has 1 aliphatic heterocycles. The molecule has 1 N–H and O–H groups in total. The molecule has 0 radical (unpaired) electrons. The Hall–Kier alpha value is -0.570. The molecular weight excluding hydrogens is 166 g/mol. The summed E-state index contributed by atoms with van der Waals surface area (Å²) in [6, 6.07) is -0.133. The molecule has 1 fully saturated rings. The molecule has 0 spiro atoms. The summed E-state index contributed by atoms with van der Waals surface area (Å²) in [6.07, 6.45) is 0. The summed E-state index contributed by atoms with van der Waals surface area (Å²) >= 11 is 0. The molecule has 0 unspecified atom stereocenters. The molecule has 1 saturated heterocycles. The van der Waals surface area contributed by atoms with Crippen LogP contribution in [-0.2, 0) is 9.53 Å². The molecule has 1 heterocycles. The smallest absolute Gasteiger partial charge is 0.324 e. The van der Waals surface area contributed by atoms with Crippen molar-refractivity contribution in [3.63, 3.8) is 0 Å². The lowest BCUT2D eigenvalue weighted by molar-refractivity contribution is -0.164. The lowest BCUT2D eigenvalue weighted by Crippen LogP contribution is -2.64. The number of rotatable bonds is 1. The fourth-order valence-corrected chi connectivity index (χ4v) is 1.38. The zero-order valence-electron chi connectivity index (χ0n) is 9.10. The van der Waals surface area contributed by atoms with Crippen LogP contribution in [0.15, 0.2) is 0 Å². The van der Waals surface area contributed by atoms with E-state index in [4.69, 9.17) is 4.74 Å². The highest BCUT2D eigenvalue weighted by Crippen LogP contribution is 2.29. The van der Waals surface area contributed by atoms with Gasteiger partial charge in [0.15, 0.2) is 0 Å². The van der Waals surface area contributed by atoms with Gasteiger partial charge in [-0.25, -0.2) is 0 Å². The topological polar surface area (TPSA) is 38.3 Å². The third-order valence-corrected chi connectivity index (χ3v) is 2.19. The van der Waals surface area contributed by atoms with Gasteiger partial charge in [-0.05, 0) is 20.8 Å². The molecule has 0 amide bonds. The second kappa shape index (κ2) is 2.98. The first-order chi connectivity index (χ1) is 5.72. The van der Waals surface area contributed by atoms with Gasteiger partial charge in [-0.1, -0.05) is 13.8 Å². The molecule has 0 aromatic heterocycles. The standard InChI is InChI=1S/C10H19NO2/c1-9(2,3)13-8(12)7-10(4,5)6-11-7/h7,11H,6H2,1-5H3/t7-/m1/s1.